The zero-order valence-corrected chi connectivity index (χ0v) is 17.8. The van der Waals surface area contributed by atoms with Crippen LogP contribution in [0.1, 0.15) is 21.6 Å². The lowest BCUT2D eigenvalue weighted by molar-refractivity contribution is -0.384. The Labute approximate surface area is 185 Å². The van der Waals surface area contributed by atoms with E-state index in [4.69, 9.17) is 0 Å². The van der Waals surface area contributed by atoms with Crippen molar-refractivity contribution in [3.8, 4) is 11.1 Å². The average Bonchev–Trinajstić information content (AvgIpc) is 2.74. The molecule has 1 heterocycles. The Bertz CT molecular complexity index is 1290. The summed E-state index contributed by atoms with van der Waals surface area (Å²) in [5.74, 6) is -0.304. The van der Waals surface area contributed by atoms with Crippen LogP contribution in [0.15, 0.2) is 72.8 Å². The number of aromatic nitrogens is 1. The number of hydrogen-bond acceptors (Lipinski definition) is 4. The van der Waals surface area contributed by atoms with Gasteiger partial charge >= 0.3 is 0 Å². The fourth-order valence-electron chi connectivity index (χ4n) is 3.57. The summed E-state index contributed by atoms with van der Waals surface area (Å²) in [5.41, 5.74) is 4.59. The third-order valence-corrected chi connectivity index (χ3v) is 5.04. The van der Waals surface area contributed by atoms with Gasteiger partial charge in [0, 0.05) is 28.8 Å². The first-order valence-electron chi connectivity index (χ1n) is 9.47. The van der Waals surface area contributed by atoms with Crippen molar-refractivity contribution in [1.82, 2.24) is 4.98 Å². The molecule has 0 bridgehead atoms. The second-order valence-electron chi connectivity index (χ2n) is 7.04. The standard InChI is InChI=1S/C24H19N3O3.ClH/c1-15-8-6-7-11-20(15)26-24(28)22-16(2)25-21-13-12-18(27(29)30)14-19(21)23(22)17-9-4-3-5-10-17;/h3-14H,1-2H3,(H,26,28);1H. The van der Waals surface area contributed by atoms with Gasteiger partial charge in [-0.25, -0.2) is 0 Å². The third-order valence-electron chi connectivity index (χ3n) is 5.04. The van der Waals surface area contributed by atoms with Gasteiger partial charge in [-0.15, -0.1) is 12.4 Å². The number of carbonyl (C=O) groups is 1. The highest BCUT2D eigenvalue weighted by Crippen LogP contribution is 2.35. The van der Waals surface area contributed by atoms with Crippen molar-refractivity contribution in [3.05, 3.63) is 99.7 Å². The number of anilines is 1. The summed E-state index contributed by atoms with van der Waals surface area (Å²) in [7, 11) is 0. The predicted molar refractivity (Wildman–Crippen MR) is 125 cm³/mol. The van der Waals surface area contributed by atoms with Gasteiger partial charge in [-0.05, 0) is 37.1 Å². The minimum Gasteiger partial charge on any atom is -0.322 e. The molecule has 0 aliphatic rings. The van der Waals surface area contributed by atoms with Gasteiger partial charge in [0.05, 0.1) is 21.7 Å². The molecule has 0 atom stereocenters. The molecule has 0 unspecified atom stereocenters. The Balaban J connectivity index is 0.00000272. The van der Waals surface area contributed by atoms with E-state index in [1.807, 2.05) is 61.5 Å². The van der Waals surface area contributed by atoms with E-state index in [1.165, 1.54) is 12.1 Å². The van der Waals surface area contributed by atoms with Gasteiger partial charge in [0.1, 0.15) is 0 Å². The van der Waals surface area contributed by atoms with E-state index in [2.05, 4.69) is 10.3 Å². The molecular weight excluding hydrogens is 414 g/mol. The summed E-state index contributed by atoms with van der Waals surface area (Å²) in [6.07, 6.45) is 0. The van der Waals surface area contributed by atoms with Crippen molar-refractivity contribution in [1.29, 1.82) is 0 Å². The number of fused-ring (bicyclic) bond motifs is 1. The van der Waals surface area contributed by atoms with Crippen molar-refractivity contribution in [2.45, 2.75) is 13.8 Å². The van der Waals surface area contributed by atoms with Crippen molar-refractivity contribution in [3.63, 3.8) is 0 Å². The van der Waals surface area contributed by atoms with Crippen LogP contribution in [0.2, 0.25) is 0 Å². The molecule has 0 aliphatic heterocycles. The molecule has 4 aromatic rings. The Morgan fingerprint density at radius 1 is 0.968 bits per heavy atom. The minimum absolute atomic E-state index is 0. The van der Waals surface area contributed by atoms with E-state index in [1.54, 1.807) is 13.0 Å². The quantitative estimate of drug-likeness (QED) is 0.311. The number of non-ortho nitro benzene ring substituents is 1. The van der Waals surface area contributed by atoms with Crippen LogP contribution in [0.3, 0.4) is 0 Å². The molecule has 0 aliphatic carbocycles. The molecule has 31 heavy (non-hydrogen) atoms. The summed E-state index contributed by atoms with van der Waals surface area (Å²) < 4.78 is 0. The van der Waals surface area contributed by atoms with E-state index < -0.39 is 4.92 Å². The van der Waals surface area contributed by atoms with Gasteiger partial charge < -0.3 is 5.32 Å². The number of nitro benzene ring substituents is 1. The van der Waals surface area contributed by atoms with E-state index >= 15 is 0 Å². The predicted octanol–water partition coefficient (Wildman–Crippen LogP) is 6.10. The molecule has 156 valence electrons. The second-order valence-corrected chi connectivity index (χ2v) is 7.04. The van der Waals surface area contributed by atoms with Crippen LogP contribution in [0.25, 0.3) is 22.0 Å². The van der Waals surface area contributed by atoms with Gasteiger partial charge in [-0.2, -0.15) is 0 Å². The maximum absolute atomic E-state index is 13.4. The molecule has 0 saturated carbocycles. The first-order chi connectivity index (χ1) is 14.5. The number of para-hydroxylation sites is 1. The van der Waals surface area contributed by atoms with E-state index in [0.717, 1.165) is 11.1 Å². The number of halogens is 1. The number of nitrogens with zero attached hydrogens (tertiary/aromatic N) is 2. The zero-order valence-electron chi connectivity index (χ0n) is 17.0. The van der Waals surface area contributed by atoms with Crippen LogP contribution >= 0.6 is 12.4 Å². The molecule has 0 spiro atoms. The molecule has 4 rings (SSSR count). The number of aryl methyl sites for hydroxylation is 2. The highest BCUT2D eigenvalue weighted by Gasteiger charge is 2.22. The van der Waals surface area contributed by atoms with Crippen LogP contribution in [-0.4, -0.2) is 15.8 Å². The first-order valence-corrected chi connectivity index (χ1v) is 9.47. The molecule has 3 aromatic carbocycles. The molecule has 1 N–H and O–H groups in total. The van der Waals surface area contributed by atoms with Crippen molar-refractivity contribution in [2.24, 2.45) is 0 Å². The van der Waals surface area contributed by atoms with E-state index in [9.17, 15) is 14.9 Å². The average molecular weight is 434 g/mol. The molecule has 1 aromatic heterocycles. The first kappa shape index (κ1) is 21.9. The summed E-state index contributed by atoms with van der Waals surface area (Å²) in [6, 6.07) is 21.4. The number of nitro groups is 1. The molecule has 6 nitrogen and oxygen atoms in total. The summed E-state index contributed by atoms with van der Waals surface area (Å²) in [6.45, 7) is 3.70. The maximum atomic E-state index is 13.4. The van der Waals surface area contributed by atoms with Crippen molar-refractivity contribution >= 4 is 40.6 Å². The van der Waals surface area contributed by atoms with Gasteiger partial charge in [-0.3, -0.25) is 19.9 Å². The normalized spacial score (nSPS) is 10.4. The molecule has 0 fully saturated rings. The van der Waals surface area contributed by atoms with Crippen LogP contribution in [-0.2, 0) is 0 Å². The smallest absolute Gasteiger partial charge is 0.270 e. The van der Waals surface area contributed by atoms with Crippen LogP contribution in [0.4, 0.5) is 11.4 Å². The molecule has 1 amide bonds. The number of rotatable bonds is 4. The Hall–Kier alpha value is -3.77. The third kappa shape index (κ3) is 4.25. The zero-order chi connectivity index (χ0) is 21.3. The second kappa shape index (κ2) is 8.93. The van der Waals surface area contributed by atoms with Crippen LogP contribution < -0.4 is 5.32 Å². The molecule has 0 saturated heterocycles. The summed E-state index contributed by atoms with van der Waals surface area (Å²) in [5, 5.41) is 14.9. The number of nitrogens with one attached hydrogen (secondary N) is 1. The highest BCUT2D eigenvalue weighted by atomic mass is 35.5. The van der Waals surface area contributed by atoms with Gasteiger partial charge in [0.25, 0.3) is 11.6 Å². The molecule has 7 heteroatoms. The minimum atomic E-state index is -0.443. The number of hydrogen-bond donors (Lipinski definition) is 1. The van der Waals surface area contributed by atoms with Gasteiger partial charge in [-0.1, -0.05) is 48.5 Å². The Kier molecular flexibility index (Phi) is 6.32. The fourth-order valence-corrected chi connectivity index (χ4v) is 3.57. The number of benzene rings is 3. The summed E-state index contributed by atoms with van der Waals surface area (Å²) >= 11 is 0. The summed E-state index contributed by atoms with van der Waals surface area (Å²) in [4.78, 5) is 28.8. The maximum Gasteiger partial charge on any atom is 0.270 e. The number of carbonyl (C=O) groups excluding carboxylic acids is 1. The highest BCUT2D eigenvalue weighted by molar-refractivity contribution is 6.14. The molecule has 0 radical (unpaired) electrons. The number of amides is 1. The van der Waals surface area contributed by atoms with Crippen LogP contribution in [0.5, 0.6) is 0 Å². The van der Waals surface area contributed by atoms with Crippen molar-refractivity contribution < 1.29 is 9.72 Å². The molecular formula is C24H20ClN3O3. The van der Waals surface area contributed by atoms with Crippen LogP contribution in [0, 0.1) is 24.0 Å². The lowest BCUT2D eigenvalue weighted by Crippen LogP contribution is -2.16. The Morgan fingerprint density at radius 2 is 1.65 bits per heavy atom. The topological polar surface area (TPSA) is 85.1 Å². The Morgan fingerprint density at radius 3 is 2.32 bits per heavy atom. The SMILES string of the molecule is Cc1ccccc1NC(=O)c1c(C)nc2ccc([N+](=O)[O-])cc2c1-c1ccccc1.Cl. The number of pyridine rings is 1. The van der Waals surface area contributed by atoms with Crippen molar-refractivity contribution in [2.75, 3.05) is 5.32 Å². The van der Waals surface area contributed by atoms with E-state index in [0.29, 0.717) is 33.4 Å². The van der Waals surface area contributed by atoms with Gasteiger partial charge in [0.2, 0.25) is 0 Å². The lowest BCUT2D eigenvalue weighted by Gasteiger charge is -2.16. The monoisotopic (exact) mass is 433 g/mol. The van der Waals surface area contributed by atoms with E-state index in [-0.39, 0.29) is 24.0 Å². The lowest BCUT2D eigenvalue weighted by atomic mass is 9.93. The van der Waals surface area contributed by atoms with Gasteiger partial charge in [0.15, 0.2) is 0 Å². The largest absolute Gasteiger partial charge is 0.322 e. The fraction of sp³-hybridized carbons (Fsp3) is 0.0833.